The standard InChI is InChI=1S/C17H17ClF3NO3S/c18-15-5-1-11(9-14(15)17(19,20)21)2-6-16(23)22(12-3-4-12)13-7-8-26(24,25)10-13/h1-2,5-6,9,12-13H,3-4,7-8,10H2/b6-2+. The molecule has 0 spiro atoms. The number of carbonyl (C=O) groups excluding carboxylic acids is 1. The summed E-state index contributed by atoms with van der Waals surface area (Å²) in [5, 5.41) is -0.406. The fraction of sp³-hybridized carbons (Fsp3) is 0.471. The van der Waals surface area contributed by atoms with E-state index in [1.807, 2.05) is 0 Å². The minimum Gasteiger partial charge on any atom is -0.332 e. The summed E-state index contributed by atoms with van der Waals surface area (Å²) in [5.41, 5.74) is -0.764. The fourth-order valence-electron chi connectivity index (χ4n) is 3.12. The van der Waals surface area contributed by atoms with Gasteiger partial charge in [0, 0.05) is 18.2 Å². The average molecular weight is 408 g/mol. The van der Waals surface area contributed by atoms with Crippen LogP contribution in [0.15, 0.2) is 24.3 Å². The first-order valence-electron chi connectivity index (χ1n) is 8.14. The SMILES string of the molecule is O=C(/C=C/c1ccc(Cl)c(C(F)(F)F)c1)N(C1CC1)C1CCS(=O)(=O)C1. The average Bonchev–Trinajstić information content (AvgIpc) is 3.29. The molecule has 2 fully saturated rings. The van der Waals surface area contributed by atoms with Crippen LogP contribution in [0.3, 0.4) is 0 Å². The van der Waals surface area contributed by atoms with E-state index in [1.165, 1.54) is 18.2 Å². The third-order valence-electron chi connectivity index (χ3n) is 4.51. The van der Waals surface area contributed by atoms with Gasteiger partial charge in [-0.3, -0.25) is 4.79 Å². The molecule has 0 bridgehead atoms. The van der Waals surface area contributed by atoms with Crippen molar-refractivity contribution in [3.05, 3.63) is 40.4 Å². The lowest BCUT2D eigenvalue weighted by Crippen LogP contribution is -2.41. The molecule has 0 N–H and O–H groups in total. The van der Waals surface area contributed by atoms with Crippen molar-refractivity contribution in [2.75, 3.05) is 11.5 Å². The number of hydrogen-bond acceptors (Lipinski definition) is 3. The Morgan fingerprint density at radius 2 is 1.88 bits per heavy atom. The molecule has 2 aliphatic rings. The molecule has 142 valence electrons. The van der Waals surface area contributed by atoms with Gasteiger partial charge < -0.3 is 4.90 Å². The predicted molar refractivity (Wildman–Crippen MR) is 92.4 cm³/mol. The minimum absolute atomic E-state index is 0.0152. The van der Waals surface area contributed by atoms with Crippen LogP contribution in [0, 0.1) is 0 Å². The molecule has 4 nitrogen and oxygen atoms in total. The van der Waals surface area contributed by atoms with Gasteiger partial charge in [0.2, 0.25) is 5.91 Å². The number of alkyl halides is 3. The van der Waals surface area contributed by atoms with Crippen LogP contribution in [0.5, 0.6) is 0 Å². The molecule has 1 saturated carbocycles. The Bertz CT molecular complexity index is 847. The molecule has 0 aromatic heterocycles. The van der Waals surface area contributed by atoms with Crippen LogP contribution < -0.4 is 0 Å². The van der Waals surface area contributed by atoms with Crippen LogP contribution in [-0.4, -0.2) is 42.8 Å². The fourth-order valence-corrected chi connectivity index (χ4v) is 5.06. The second-order valence-electron chi connectivity index (χ2n) is 6.60. The first-order valence-corrected chi connectivity index (χ1v) is 10.3. The predicted octanol–water partition coefficient (Wildman–Crippen LogP) is 3.55. The van der Waals surface area contributed by atoms with Crippen molar-refractivity contribution in [1.82, 2.24) is 4.90 Å². The first-order chi connectivity index (χ1) is 12.1. The summed E-state index contributed by atoms with van der Waals surface area (Å²) >= 11 is 5.58. The zero-order valence-electron chi connectivity index (χ0n) is 13.7. The number of amides is 1. The van der Waals surface area contributed by atoms with Gasteiger partial charge in [0.15, 0.2) is 9.84 Å². The number of benzene rings is 1. The van der Waals surface area contributed by atoms with E-state index in [-0.39, 0.29) is 35.1 Å². The molecule has 26 heavy (non-hydrogen) atoms. The van der Waals surface area contributed by atoms with Crippen LogP contribution in [-0.2, 0) is 20.8 Å². The lowest BCUT2D eigenvalue weighted by atomic mass is 10.1. The maximum atomic E-state index is 12.9. The van der Waals surface area contributed by atoms with Crippen molar-refractivity contribution in [3.63, 3.8) is 0 Å². The van der Waals surface area contributed by atoms with Gasteiger partial charge in [-0.25, -0.2) is 8.42 Å². The van der Waals surface area contributed by atoms with Gasteiger partial charge in [0.1, 0.15) is 0 Å². The van der Waals surface area contributed by atoms with Crippen molar-refractivity contribution in [1.29, 1.82) is 0 Å². The van der Waals surface area contributed by atoms with E-state index in [4.69, 9.17) is 11.6 Å². The Labute approximate surface area is 154 Å². The maximum Gasteiger partial charge on any atom is 0.417 e. The topological polar surface area (TPSA) is 54.5 Å². The van der Waals surface area contributed by atoms with E-state index < -0.39 is 26.6 Å². The normalized spacial score (nSPS) is 22.7. The van der Waals surface area contributed by atoms with Crippen LogP contribution in [0.1, 0.15) is 30.4 Å². The van der Waals surface area contributed by atoms with Gasteiger partial charge in [-0.2, -0.15) is 13.2 Å². The summed E-state index contributed by atoms with van der Waals surface area (Å²) in [6.07, 6.45) is -0.0508. The monoisotopic (exact) mass is 407 g/mol. The van der Waals surface area contributed by atoms with Crippen LogP contribution in [0.25, 0.3) is 6.08 Å². The third-order valence-corrected chi connectivity index (χ3v) is 6.59. The van der Waals surface area contributed by atoms with E-state index >= 15 is 0 Å². The molecule has 1 amide bonds. The molecule has 1 saturated heterocycles. The molecule has 1 atom stereocenters. The van der Waals surface area contributed by atoms with Gasteiger partial charge in [0.25, 0.3) is 0 Å². The van der Waals surface area contributed by atoms with E-state index in [9.17, 15) is 26.4 Å². The Hall–Kier alpha value is -1.54. The van der Waals surface area contributed by atoms with Gasteiger partial charge in [-0.05, 0) is 43.0 Å². The maximum absolute atomic E-state index is 12.9. The zero-order valence-corrected chi connectivity index (χ0v) is 15.2. The van der Waals surface area contributed by atoms with E-state index in [1.54, 1.807) is 4.90 Å². The minimum atomic E-state index is -4.58. The molecule has 1 aliphatic heterocycles. The number of sulfone groups is 1. The molecule has 1 aromatic rings. The van der Waals surface area contributed by atoms with Gasteiger partial charge in [0.05, 0.1) is 22.1 Å². The Balaban J connectivity index is 1.78. The summed E-state index contributed by atoms with van der Waals surface area (Å²) in [7, 11) is -3.13. The van der Waals surface area contributed by atoms with Crippen molar-refractivity contribution in [3.8, 4) is 0 Å². The summed E-state index contributed by atoms with van der Waals surface area (Å²) in [6.45, 7) is 0. The quantitative estimate of drug-likeness (QED) is 0.717. The molecule has 1 unspecified atom stereocenters. The lowest BCUT2D eigenvalue weighted by Gasteiger charge is -2.27. The van der Waals surface area contributed by atoms with Crippen molar-refractivity contribution in [2.24, 2.45) is 0 Å². The highest BCUT2D eigenvalue weighted by molar-refractivity contribution is 7.91. The van der Waals surface area contributed by atoms with E-state index in [0.29, 0.717) is 6.42 Å². The molecule has 1 heterocycles. The Kier molecular flexibility index (Phi) is 5.09. The lowest BCUT2D eigenvalue weighted by molar-refractivity contribution is -0.137. The summed E-state index contributed by atoms with van der Waals surface area (Å²) < 4.78 is 62.1. The molecule has 1 aliphatic carbocycles. The molecular weight excluding hydrogens is 391 g/mol. The highest BCUT2D eigenvalue weighted by atomic mass is 35.5. The molecule has 9 heteroatoms. The van der Waals surface area contributed by atoms with Crippen LogP contribution in [0.4, 0.5) is 13.2 Å². The highest BCUT2D eigenvalue weighted by Gasteiger charge is 2.41. The molecule has 3 rings (SSSR count). The number of rotatable bonds is 4. The number of halogens is 4. The smallest absolute Gasteiger partial charge is 0.332 e. The highest BCUT2D eigenvalue weighted by Crippen LogP contribution is 2.36. The van der Waals surface area contributed by atoms with Gasteiger partial charge in [-0.1, -0.05) is 17.7 Å². The number of hydrogen-bond donors (Lipinski definition) is 0. The largest absolute Gasteiger partial charge is 0.417 e. The number of carbonyl (C=O) groups is 1. The number of nitrogens with zero attached hydrogens (tertiary/aromatic N) is 1. The van der Waals surface area contributed by atoms with Crippen LogP contribution >= 0.6 is 11.6 Å². The van der Waals surface area contributed by atoms with Crippen molar-refractivity contribution >= 4 is 33.4 Å². The molecular formula is C17H17ClF3NO3S. The molecule has 0 radical (unpaired) electrons. The van der Waals surface area contributed by atoms with E-state index in [0.717, 1.165) is 25.0 Å². The Morgan fingerprint density at radius 3 is 2.42 bits per heavy atom. The summed E-state index contributed by atoms with van der Waals surface area (Å²) in [5.74, 6) is -0.371. The summed E-state index contributed by atoms with van der Waals surface area (Å²) in [6, 6.07) is 3.06. The van der Waals surface area contributed by atoms with Gasteiger partial charge >= 0.3 is 6.18 Å². The van der Waals surface area contributed by atoms with Crippen molar-refractivity contribution < 1.29 is 26.4 Å². The van der Waals surface area contributed by atoms with Crippen molar-refractivity contribution in [2.45, 2.75) is 37.5 Å². The second kappa shape index (κ2) is 6.88. The van der Waals surface area contributed by atoms with Crippen LogP contribution in [0.2, 0.25) is 5.02 Å². The zero-order chi connectivity index (χ0) is 19.1. The second-order valence-corrected chi connectivity index (χ2v) is 9.24. The molecule has 1 aromatic carbocycles. The first kappa shape index (κ1) is 19.2. The van der Waals surface area contributed by atoms with Gasteiger partial charge in [-0.15, -0.1) is 0 Å². The summed E-state index contributed by atoms with van der Waals surface area (Å²) in [4.78, 5) is 14.1. The Morgan fingerprint density at radius 1 is 1.19 bits per heavy atom. The third kappa shape index (κ3) is 4.40. The van der Waals surface area contributed by atoms with E-state index in [2.05, 4.69) is 0 Å².